The SMILES string of the molecule is COc1ccc(N2CCCN(C(=O)c3c(C)nn(Cc4ccc(C)cc4)c3Cl)CC2)cc1. The van der Waals surface area contributed by atoms with Crippen LogP contribution in [0.4, 0.5) is 5.69 Å². The first-order chi connectivity index (χ1) is 15.5. The van der Waals surface area contributed by atoms with Gasteiger partial charge < -0.3 is 14.5 Å². The van der Waals surface area contributed by atoms with Crippen molar-refractivity contribution in [3.05, 3.63) is 76.1 Å². The Morgan fingerprint density at radius 2 is 1.72 bits per heavy atom. The second kappa shape index (κ2) is 9.65. The van der Waals surface area contributed by atoms with Gasteiger partial charge in [0.05, 0.1) is 24.9 Å². The van der Waals surface area contributed by atoms with E-state index in [0.29, 0.717) is 36.0 Å². The van der Waals surface area contributed by atoms with Gasteiger partial charge in [-0.25, -0.2) is 4.68 Å². The monoisotopic (exact) mass is 452 g/mol. The van der Waals surface area contributed by atoms with Gasteiger partial charge in [-0.05, 0) is 50.1 Å². The number of hydrogen-bond acceptors (Lipinski definition) is 4. The molecule has 1 aliphatic heterocycles. The maximum Gasteiger partial charge on any atom is 0.258 e. The number of aryl methyl sites for hydroxylation is 2. The molecule has 1 saturated heterocycles. The number of amides is 1. The van der Waals surface area contributed by atoms with Crippen LogP contribution in [0.15, 0.2) is 48.5 Å². The highest BCUT2D eigenvalue weighted by molar-refractivity contribution is 6.33. The predicted octanol–water partition coefficient (Wildman–Crippen LogP) is 4.56. The van der Waals surface area contributed by atoms with E-state index in [0.717, 1.165) is 36.5 Å². The molecule has 0 N–H and O–H groups in total. The Balaban J connectivity index is 1.46. The molecule has 1 aliphatic rings. The molecular weight excluding hydrogens is 424 g/mol. The molecule has 4 rings (SSSR count). The van der Waals surface area contributed by atoms with E-state index in [4.69, 9.17) is 16.3 Å². The molecule has 168 valence electrons. The number of hydrogen-bond donors (Lipinski definition) is 0. The Bertz CT molecular complexity index is 1080. The molecule has 6 nitrogen and oxygen atoms in total. The van der Waals surface area contributed by atoms with Crippen LogP contribution in [0.5, 0.6) is 5.75 Å². The molecule has 3 aromatic rings. The molecule has 32 heavy (non-hydrogen) atoms. The fourth-order valence-corrected chi connectivity index (χ4v) is 4.41. The van der Waals surface area contributed by atoms with Crippen molar-refractivity contribution in [2.45, 2.75) is 26.8 Å². The van der Waals surface area contributed by atoms with Gasteiger partial charge >= 0.3 is 0 Å². The number of anilines is 1. The van der Waals surface area contributed by atoms with E-state index >= 15 is 0 Å². The topological polar surface area (TPSA) is 50.6 Å². The van der Waals surface area contributed by atoms with Gasteiger partial charge in [-0.3, -0.25) is 4.79 Å². The summed E-state index contributed by atoms with van der Waals surface area (Å²) in [6, 6.07) is 16.3. The van der Waals surface area contributed by atoms with Crippen molar-refractivity contribution < 1.29 is 9.53 Å². The number of benzene rings is 2. The molecule has 0 aliphatic carbocycles. The summed E-state index contributed by atoms with van der Waals surface area (Å²) < 4.78 is 6.97. The molecule has 2 heterocycles. The summed E-state index contributed by atoms with van der Waals surface area (Å²) in [7, 11) is 1.67. The maximum atomic E-state index is 13.4. The third kappa shape index (κ3) is 4.75. The molecule has 0 bridgehead atoms. The van der Waals surface area contributed by atoms with Crippen molar-refractivity contribution >= 4 is 23.2 Å². The van der Waals surface area contributed by atoms with E-state index in [-0.39, 0.29) is 5.91 Å². The van der Waals surface area contributed by atoms with E-state index in [1.807, 2.05) is 24.0 Å². The predicted molar refractivity (Wildman–Crippen MR) is 128 cm³/mol. The lowest BCUT2D eigenvalue weighted by molar-refractivity contribution is 0.0766. The van der Waals surface area contributed by atoms with Crippen molar-refractivity contribution in [2.75, 3.05) is 38.2 Å². The van der Waals surface area contributed by atoms with Crippen LogP contribution in [0.2, 0.25) is 5.15 Å². The van der Waals surface area contributed by atoms with Gasteiger partial charge in [-0.1, -0.05) is 41.4 Å². The minimum atomic E-state index is -0.0424. The summed E-state index contributed by atoms with van der Waals surface area (Å²) in [5.74, 6) is 0.798. The molecule has 2 aromatic carbocycles. The van der Waals surface area contributed by atoms with Gasteiger partial charge in [0.25, 0.3) is 5.91 Å². The normalized spacial score (nSPS) is 14.4. The minimum absolute atomic E-state index is 0.0424. The third-order valence-corrected chi connectivity index (χ3v) is 6.34. The van der Waals surface area contributed by atoms with Crippen LogP contribution >= 0.6 is 11.6 Å². The van der Waals surface area contributed by atoms with Gasteiger partial charge in [0, 0.05) is 31.9 Å². The van der Waals surface area contributed by atoms with Crippen LogP contribution in [0.1, 0.15) is 33.6 Å². The fraction of sp³-hybridized carbons (Fsp3) is 0.360. The summed E-state index contributed by atoms with van der Waals surface area (Å²) in [5, 5.41) is 4.97. The van der Waals surface area contributed by atoms with Crippen LogP contribution in [0, 0.1) is 13.8 Å². The highest BCUT2D eigenvalue weighted by Crippen LogP contribution is 2.25. The summed E-state index contributed by atoms with van der Waals surface area (Å²) in [6.45, 7) is 7.46. The molecular formula is C25H29ClN4O2. The van der Waals surface area contributed by atoms with Gasteiger partial charge in [0.15, 0.2) is 0 Å². The first-order valence-electron chi connectivity index (χ1n) is 10.9. The zero-order valence-corrected chi connectivity index (χ0v) is 19.6. The quantitative estimate of drug-likeness (QED) is 0.569. The summed E-state index contributed by atoms with van der Waals surface area (Å²) in [4.78, 5) is 17.6. The largest absolute Gasteiger partial charge is 0.497 e. The Morgan fingerprint density at radius 3 is 2.41 bits per heavy atom. The number of carbonyl (C=O) groups is 1. The minimum Gasteiger partial charge on any atom is -0.497 e. The number of aromatic nitrogens is 2. The number of nitrogens with zero attached hydrogens (tertiary/aromatic N) is 4. The van der Waals surface area contributed by atoms with Crippen molar-refractivity contribution in [1.29, 1.82) is 0 Å². The highest BCUT2D eigenvalue weighted by Gasteiger charge is 2.27. The van der Waals surface area contributed by atoms with Crippen molar-refractivity contribution in [3.63, 3.8) is 0 Å². The molecule has 1 amide bonds. The van der Waals surface area contributed by atoms with E-state index in [1.165, 1.54) is 5.56 Å². The van der Waals surface area contributed by atoms with Gasteiger partial charge in [-0.2, -0.15) is 5.10 Å². The summed E-state index contributed by atoms with van der Waals surface area (Å²) in [5.41, 5.74) is 4.63. The third-order valence-electron chi connectivity index (χ3n) is 5.95. The van der Waals surface area contributed by atoms with Crippen molar-refractivity contribution in [3.8, 4) is 5.75 Å². The average molecular weight is 453 g/mol. The lowest BCUT2D eigenvalue weighted by atomic mass is 10.1. The molecule has 0 saturated carbocycles. The fourth-order valence-electron chi connectivity index (χ4n) is 4.10. The smallest absolute Gasteiger partial charge is 0.258 e. The molecule has 0 unspecified atom stereocenters. The highest BCUT2D eigenvalue weighted by atomic mass is 35.5. The number of ether oxygens (including phenoxy) is 1. The number of carbonyl (C=O) groups excluding carboxylic acids is 1. The molecule has 1 fully saturated rings. The van der Waals surface area contributed by atoms with Gasteiger partial charge in [0.1, 0.15) is 10.9 Å². The van der Waals surface area contributed by atoms with Crippen LogP contribution in [-0.2, 0) is 6.54 Å². The maximum absolute atomic E-state index is 13.4. The van der Waals surface area contributed by atoms with Crippen LogP contribution in [0.3, 0.4) is 0 Å². The molecule has 0 radical (unpaired) electrons. The Hall–Kier alpha value is -2.99. The molecule has 0 atom stereocenters. The van der Waals surface area contributed by atoms with E-state index in [2.05, 4.69) is 53.3 Å². The standard InChI is InChI=1S/C25H29ClN4O2/c1-18-5-7-20(8-6-18)17-30-24(26)23(19(2)27-30)25(31)29-14-4-13-28(15-16-29)21-9-11-22(32-3)12-10-21/h5-12H,4,13-17H2,1-3H3. The van der Waals surface area contributed by atoms with E-state index < -0.39 is 0 Å². The lowest BCUT2D eigenvalue weighted by Crippen LogP contribution is -2.35. The van der Waals surface area contributed by atoms with Gasteiger partial charge in [0.2, 0.25) is 0 Å². The van der Waals surface area contributed by atoms with Crippen LogP contribution < -0.4 is 9.64 Å². The molecule has 1 aromatic heterocycles. The Kier molecular flexibility index (Phi) is 6.70. The van der Waals surface area contributed by atoms with Crippen molar-refractivity contribution in [2.24, 2.45) is 0 Å². The average Bonchev–Trinajstić information content (AvgIpc) is 2.97. The van der Waals surface area contributed by atoms with Crippen LogP contribution in [0.25, 0.3) is 0 Å². The zero-order chi connectivity index (χ0) is 22.7. The number of methoxy groups -OCH3 is 1. The van der Waals surface area contributed by atoms with Gasteiger partial charge in [-0.15, -0.1) is 0 Å². The van der Waals surface area contributed by atoms with E-state index in [9.17, 15) is 4.79 Å². The zero-order valence-electron chi connectivity index (χ0n) is 18.8. The second-order valence-corrected chi connectivity index (χ2v) is 8.58. The summed E-state index contributed by atoms with van der Waals surface area (Å²) in [6.07, 6.45) is 0.895. The van der Waals surface area contributed by atoms with Crippen LogP contribution in [-0.4, -0.2) is 53.9 Å². The Morgan fingerprint density at radius 1 is 1.00 bits per heavy atom. The lowest BCUT2D eigenvalue weighted by Gasteiger charge is -2.24. The Labute approximate surface area is 194 Å². The first-order valence-corrected chi connectivity index (χ1v) is 11.3. The number of rotatable bonds is 5. The van der Waals surface area contributed by atoms with Crippen molar-refractivity contribution in [1.82, 2.24) is 14.7 Å². The van der Waals surface area contributed by atoms with E-state index in [1.54, 1.807) is 11.8 Å². The first kappa shape index (κ1) is 22.2. The summed E-state index contributed by atoms with van der Waals surface area (Å²) >= 11 is 6.65. The second-order valence-electron chi connectivity index (χ2n) is 8.23. The number of halogens is 1. The molecule has 7 heteroatoms. The molecule has 0 spiro atoms.